The largest absolute Gasteiger partial charge is 0.469 e. The molecule has 0 aromatic carbocycles. The highest BCUT2D eigenvalue weighted by atomic mass is 16.5. The fourth-order valence-corrected chi connectivity index (χ4v) is 3.55. The van der Waals surface area contributed by atoms with E-state index in [9.17, 15) is 14.7 Å². The number of hydrogen-bond donors (Lipinski definition) is 1. The molecule has 0 aromatic rings. The molecule has 0 radical (unpaired) electrons. The molecule has 5 heteroatoms. The van der Waals surface area contributed by atoms with Crippen molar-refractivity contribution in [1.82, 2.24) is 0 Å². The van der Waals surface area contributed by atoms with Gasteiger partial charge in [-0.1, -0.05) is 20.8 Å². The lowest BCUT2D eigenvalue weighted by molar-refractivity contribution is -0.158. The highest BCUT2D eigenvalue weighted by Gasteiger charge is 2.51. The molecule has 5 nitrogen and oxygen atoms in total. The first kappa shape index (κ1) is 18.0. The summed E-state index contributed by atoms with van der Waals surface area (Å²) in [6.45, 7) is 7.77. The molecule has 0 bridgehead atoms. The van der Waals surface area contributed by atoms with Crippen molar-refractivity contribution in [2.45, 2.75) is 59.5 Å². The SMILES string of the molecule is COC(=O)CC[C@]1(C)CC[C@H](O)C(C)(C)[C@@H]1COC(C)=O. The van der Waals surface area contributed by atoms with Gasteiger partial charge in [0.15, 0.2) is 0 Å². The van der Waals surface area contributed by atoms with E-state index in [-0.39, 0.29) is 35.3 Å². The summed E-state index contributed by atoms with van der Waals surface area (Å²) in [4.78, 5) is 22.6. The summed E-state index contributed by atoms with van der Waals surface area (Å²) in [6.07, 6.45) is 2.09. The number of ether oxygens (including phenoxy) is 2. The van der Waals surface area contributed by atoms with E-state index in [1.54, 1.807) is 0 Å². The smallest absolute Gasteiger partial charge is 0.305 e. The summed E-state index contributed by atoms with van der Waals surface area (Å²) in [7, 11) is 1.38. The van der Waals surface area contributed by atoms with Gasteiger partial charge in [-0.2, -0.15) is 0 Å². The third kappa shape index (κ3) is 4.19. The molecule has 0 saturated heterocycles. The summed E-state index contributed by atoms with van der Waals surface area (Å²) in [5.41, 5.74) is -0.523. The van der Waals surface area contributed by atoms with Gasteiger partial charge in [0.05, 0.1) is 19.8 Å². The lowest BCUT2D eigenvalue weighted by atomic mass is 9.54. The predicted octanol–water partition coefficient (Wildman–Crippen LogP) is 2.31. The summed E-state index contributed by atoms with van der Waals surface area (Å²) in [6, 6.07) is 0. The number of carbonyl (C=O) groups is 2. The Morgan fingerprint density at radius 2 is 1.90 bits per heavy atom. The third-order valence-corrected chi connectivity index (χ3v) is 5.17. The molecule has 0 aromatic heterocycles. The number of rotatable bonds is 5. The van der Waals surface area contributed by atoms with Crippen LogP contribution in [0.5, 0.6) is 0 Å². The molecule has 1 aliphatic carbocycles. The van der Waals surface area contributed by atoms with Crippen molar-refractivity contribution in [2.75, 3.05) is 13.7 Å². The Bertz CT molecular complexity index is 390. The van der Waals surface area contributed by atoms with Crippen molar-refractivity contribution in [3.63, 3.8) is 0 Å². The van der Waals surface area contributed by atoms with Crippen LogP contribution in [0.3, 0.4) is 0 Å². The van der Waals surface area contributed by atoms with Crippen molar-refractivity contribution < 1.29 is 24.2 Å². The quantitative estimate of drug-likeness (QED) is 0.789. The topological polar surface area (TPSA) is 72.8 Å². The van der Waals surface area contributed by atoms with Crippen LogP contribution in [0.1, 0.15) is 53.4 Å². The minimum absolute atomic E-state index is 0.00214. The highest BCUT2D eigenvalue weighted by Crippen LogP contribution is 2.53. The molecule has 0 unspecified atom stereocenters. The van der Waals surface area contributed by atoms with Gasteiger partial charge < -0.3 is 14.6 Å². The summed E-state index contributed by atoms with van der Waals surface area (Å²) >= 11 is 0. The zero-order valence-electron chi connectivity index (χ0n) is 13.8. The fraction of sp³-hybridized carbons (Fsp3) is 0.875. The van der Waals surface area contributed by atoms with Crippen LogP contribution >= 0.6 is 0 Å². The molecule has 0 aliphatic heterocycles. The maximum absolute atomic E-state index is 11.4. The number of aliphatic hydroxyl groups is 1. The van der Waals surface area contributed by atoms with Crippen molar-refractivity contribution in [3.8, 4) is 0 Å². The molecule has 1 fully saturated rings. The summed E-state index contributed by atoms with van der Waals surface area (Å²) in [5, 5.41) is 10.3. The maximum Gasteiger partial charge on any atom is 0.305 e. The van der Waals surface area contributed by atoms with Crippen molar-refractivity contribution in [3.05, 3.63) is 0 Å². The molecule has 3 atom stereocenters. The Morgan fingerprint density at radius 1 is 1.29 bits per heavy atom. The van der Waals surface area contributed by atoms with E-state index in [2.05, 4.69) is 6.92 Å². The monoisotopic (exact) mass is 300 g/mol. The van der Waals surface area contributed by atoms with Gasteiger partial charge in [0.25, 0.3) is 0 Å². The van der Waals surface area contributed by atoms with E-state index >= 15 is 0 Å². The van der Waals surface area contributed by atoms with E-state index in [4.69, 9.17) is 9.47 Å². The zero-order valence-corrected chi connectivity index (χ0v) is 13.8. The predicted molar refractivity (Wildman–Crippen MR) is 78.5 cm³/mol. The van der Waals surface area contributed by atoms with Gasteiger partial charge in [0.2, 0.25) is 0 Å². The van der Waals surface area contributed by atoms with E-state index in [1.807, 2.05) is 13.8 Å². The normalized spacial score (nSPS) is 31.5. The molecule has 1 saturated carbocycles. The van der Waals surface area contributed by atoms with Gasteiger partial charge in [-0.15, -0.1) is 0 Å². The minimum Gasteiger partial charge on any atom is -0.469 e. The number of hydrogen-bond acceptors (Lipinski definition) is 5. The van der Waals surface area contributed by atoms with Crippen LogP contribution in [-0.4, -0.2) is 36.9 Å². The maximum atomic E-state index is 11.4. The van der Waals surface area contributed by atoms with E-state index < -0.39 is 6.10 Å². The van der Waals surface area contributed by atoms with Gasteiger partial charge in [-0.25, -0.2) is 0 Å². The molecule has 0 amide bonds. The Balaban J connectivity index is 2.91. The fourth-order valence-electron chi connectivity index (χ4n) is 3.55. The molecule has 21 heavy (non-hydrogen) atoms. The Hall–Kier alpha value is -1.10. The molecular formula is C16H28O5. The van der Waals surface area contributed by atoms with Crippen LogP contribution in [0.4, 0.5) is 0 Å². The molecule has 0 spiro atoms. The second-order valence-corrected chi connectivity index (χ2v) is 6.96. The van der Waals surface area contributed by atoms with Crippen LogP contribution < -0.4 is 0 Å². The van der Waals surface area contributed by atoms with Gasteiger partial charge >= 0.3 is 11.9 Å². The Labute approximate surface area is 127 Å². The number of esters is 2. The van der Waals surface area contributed by atoms with Crippen molar-refractivity contribution in [2.24, 2.45) is 16.7 Å². The summed E-state index contributed by atoms with van der Waals surface area (Å²) < 4.78 is 9.95. The molecule has 1 rings (SSSR count). The van der Waals surface area contributed by atoms with Crippen molar-refractivity contribution >= 4 is 11.9 Å². The first-order chi connectivity index (χ1) is 9.63. The van der Waals surface area contributed by atoms with Gasteiger partial charge in [-0.3, -0.25) is 9.59 Å². The molecule has 1 N–H and O–H groups in total. The second-order valence-electron chi connectivity index (χ2n) is 6.96. The van der Waals surface area contributed by atoms with Crippen LogP contribution in [0.25, 0.3) is 0 Å². The lowest BCUT2D eigenvalue weighted by Gasteiger charge is -2.53. The first-order valence-corrected chi connectivity index (χ1v) is 7.51. The van der Waals surface area contributed by atoms with E-state index in [0.717, 1.165) is 6.42 Å². The van der Waals surface area contributed by atoms with Gasteiger partial charge in [0, 0.05) is 19.3 Å². The first-order valence-electron chi connectivity index (χ1n) is 7.51. The lowest BCUT2D eigenvalue weighted by Crippen LogP contribution is -2.52. The Morgan fingerprint density at radius 3 is 2.43 bits per heavy atom. The van der Waals surface area contributed by atoms with E-state index in [0.29, 0.717) is 19.3 Å². The van der Waals surface area contributed by atoms with E-state index in [1.165, 1.54) is 14.0 Å². The van der Waals surface area contributed by atoms with Crippen LogP contribution in [0, 0.1) is 16.7 Å². The third-order valence-electron chi connectivity index (χ3n) is 5.17. The Kier molecular flexibility index (Phi) is 5.79. The average molecular weight is 300 g/mol. The van der Waals surface area contributed by atoms with Crippen LogP contribution in [0.15, 0.2) is 0 Å². The number of methoxy groups -OCH3 is 1. The molecule has 122 valence electrons. The average Bonchev–Trinajstić information content (AvgIpc) is 2.40. The molecule has 1 aliphatic rings. The van der Waals surface area contributed by atoms with Crippen LogP contribution in [0.2, 0.25) is 0 Å². The van der Waals surface area contributed by atoms with Crippen molar-refractivity contribution in [1.29, 1.82) is 0 Å². The molecular weight excluding hydrogens is 272 g/mol. The molecule has 0 heterocycles. The van der Waals surface area contributed by atoms with Gasteiger partial charge in [0.1, 0.15) is 0 Å². The number of aliphatic hydroxyl groups excluding tert-OH is 1. The van der Waals surface area contributed by atoms with Gasteiger partial charge in [-0.05, 0) is 30.1 Å². The van der Waals surface area contributed by atoms with Crippen LogP contribution in [-0.2, 0) is 19.1 Å². The summed E-state index contributed by atoms with van der Waals surface area (Å²) in [5.74, 6) is -0.546. The highest BCUT2D eigenvalue weighted by molar-refractivity contribution is 5.69. The number of carbonyl (C=O) groups excluding carboxylic acids is 2. The minimum atomic E-state index is -0.427. The standard InChI is InChI=1S/C16H28O5/c1-11(17)21-10-12-15(2,3)13(18)6-8-16(12,4)9-7-14(19)20-5/h12-13,18H,6-10H2,1-5H3/t12-,13-,16-/m0/s1. The second kappa shape index (κ2) is 6.77. The zero-order chi connectivity index (χ0) is 16.3.